The molecule has 0 aromatic carbocycles. The molecule has 0 radical (unpaired) electrons. The fourth-order valence-corrected chi connectivity index (χ4v) is 3.17. The van der Waals surface area contributed by atoms with E-state index in [9.17, 15) is 9.59 Å². The van der Waals surface area contributed by atoms with Crippen LogP contribution in [0.1, 0.15) is 60.3 Å². The van der Waals surface area contributed by atoms with Crippen molar-refractivity contribution in [1.29, 1.82) is 0 Å². The van der Waals surface area contributed by atoms with E-state index < -0.39 is 0 Å². The lowest BCUT2D eigenvalue weighted by Crippen LogP contribution is -2.62. The Balaban J connectivity index is 2.43. The van der Waals surface area contributed by atoms with Crippen LogP contribution in [0.2, 0.25) is 0 Å². The molecule has 1 fully saturated rings. The number of rotatable bonds is 5. The number of hydrogen-bond acceptors (Lipinski definition) is 4. The smallest absolute Gasteiger partial charge is 0.306 e. The lowest BCUT2D eigenvalue weighted by Gasteiger charge is -2.46. The number of ether oxygens (including phenoxy) is 1. The topological polar surface area (TPSA) is 67.4 Å². The minimum Gasteiger partial charge on any atom is -0.466 e. The second kappa shape index (κ2) is 6.57. The molecule has 5 nitrogen and oxygen atoms in total. The largest absolute Gasteiger partial charge is 0.466 e. The van der Waals surface area contributed by atoms with E-state index in [4.69, 9.17) is 4.74 Å². The second-order valence-corrected chi connectivity index (χ2v) is 6.87. The van der Waals surface area contributed by atoms with Gasteiger partial charge in [0.2, 0.25) is 5.91 Å². The van der Waals surface area contributed by atoms with Gasteiger partial charge in [0.15, 0.2) is 0 Å². The zero-order valence-corrected chi connectivity index (χ0v) is 13.3. The first-order valence-corrected chi connectivity index (χ1v) is 7.38. The fraction of sp³-hybridized carbons (Fsp3) is 0.867. The normalized spacial score (nSPS) is 21.2. The molecule has 1 heterocycles. The first-order valence-electron chi connectivity index (χ1n) is 7.38. The van der Waals surface area contributed by atoms with Gasteiger partial charge in [0.05, 0.1) is 13.0 Å². The standard InChI is InChI=1S/C15H28N2O3/c1-6-20-13(19)8-7-12(18)16-11-9-14(2,3)17-15(4,5)10-11/h11,17H,6-10H2,1-5H3,(H,16,18). The average Bonchev–Trinajstić information content (AvgIpc) is 2.22. The van der Waals surface area contributed by atoms with Gasteiger partial charge >= 0.3 is 5.97 Å². The molecule has 116 valence electrons. The summed E-state index contributed by atoms with van der Waals surface area (Å²) in [6.45, 7) is 10.7. The Morgan fingerprint density at radius 3 is 2.20 bits per heavy atom. The maximum atomic E-state index is 11.9. The summed E-state index contributed by atoms with van der Waals surface area (Å²) >= 11 is 0. The maximum absolute atomic E-state index is 11.9. The Morgan fingerprint density at radius 1 is 1.15 bits per heavy atom. The molecule has 20 heavy (non-hydrogen) atoms. The summed E-state index contributed by atoms with van der Waals surface area (Å²) in [6, 6.07) is 0.149. The molecule has 1 aliphatic heterocycles. The maximum Gasteiger partial charge on any atom is 0.306 e. The number of piperidine rings is 1. The molecule has 0 aromatic heterocycles. The number of carbonyl (C=O) groups is 2. The van der Waals surface area contributed by atoms with Crippen molar-refractivity contribution in [2.45, 2.75) is 77.4 Å². The monoisotopic (exact) mass is 284 g/mol. The molecule has 1 saturated heterocycles. The highest BCUT2D eigenvalue weighted by molar-refractivity contribution is 5.81. The van der Waals surface area contributed by atoms with Crippen molar-refractivity contribution in [2.75, 3.05) is 6.61 Å². The summed E-state index contributed by atoms with van der Waals surface area (Å²) in [5.41, 5.74) is 0.00166. The molecule has 5 heteroatoms. The van der Waals surface area contributed by atoms with Crippen LogP contribution in [0.25, 0.3) is 0 Å². The number of carbonyl (C=O) groups excluding carboxylic acids is 2. The van der Waals surface area contributed by atoms with Crippen molar-refractivity contribution < 1.29 is 14.3 Å². The van der Waals surface area contributed by atoms with Crippen LogP contribution in [0, 0.1) is 0 Å². The van der Waals surface area contributed by atoms with Crippen LogP contribution in [0.4, 0.5) is 0 Å². The van der Waals surface area contributed by atoms with Gasteiger partial charge in [-0.05, 0) is 47.5 Å². The molecule has 1 amide bonds. The highest BCUT2D eigenvalue weighted by atomic mass is 16.5. The molecule has 1 aliphatic rings. The highest BCUT2D eigenvalue weighted by Gasteiger charge is 2.38. The fourth-order valence-electron chi connectivity index (χ4n) is 3.17. The quantitative estimate of drug-likeness (QED) is 0.755. The Morgan fingerprint density at radius 2 is 1.70 bits per heavy atom. The van der Waals surface area contributed by atoms with E-state index in [0.29, 0.717) is 6.61 Å². The Bertz CT molecular complexity index is 348. The van der Waals surface area contributed by atoms with Crippen LogP contribution >= 0.6 is 0 Å². The molecule has 2 N–H and O–H groups in total. The SMILES string of the molecule is CCOC(=O)CCC(=O)NC1CC(C)(C)NC(C)(C)C1. The zero-order valence-electron chi connectivity index (χ0n) is 13.3. The van der Waals surface area contributed by atoms with Gasteiger partial charge in [0.25, 0.3) is 0 Å². The van der Waals surface area contributed by atoms with Crippen molar-refractivity contribution in [3.05, 3.63) is 0 Å². The van der Waals surface area contributed by atoms with Gasteiger partial charge in [-0.25, -0.2) is 0 Å². The molecule has 1 rings (SSSR count). The van der Waals surface area contributed by atoms with Gasteiger partial charge in [-0.1, -0.05) is 0 Å². The van der Waals surface area contributed by atoms with E-state index >= 15 is 0 Å². The van der Waals surface area contributed by atoms with E-state index in [1.807, 2.05) is 0 Å². The first kappa shape index (κ1) is 17.0. The Hall–Kier alpha value is -1.10. The van der Waals surface area contributed by atoms with Gasteiger partial charge in [0.1, 0.15) is 0 Å². The van der Waals surface area contributed by atoms with Gasteiger partial charge in [-0.3, -0.25) is 9.59 Å². The molecule has 0 spiro atoms. The number of nitrogens with one attached hydrogen (secondary N) is 2. The minimum atomic E-state index is -0.311. The van der Waals surface area contributed by atoms with Crippen LogP contribution in [0.15, 0.2) is 0 Å². The predicted octanol–water partition coefficient (Wildman–Crippen LogP) is 1.76. The zero-order chi connectivity index (χ0) is 15.4. The van der Waals surface area contributed by atoms with Crippen molar-refractivity contribution in [1.82, 2.24) is 10.6 Å². The van der Waals surface area contributed by atoms with Crippen molar-refractivity contribution in [2.24, 2.45) is 0 Å². The third kappa shape index (κ3) is 5.90. The minimum absolute atomic E-state index is 0.000831. The van der Waals surface area contributed by atoms with E-state index in [1.165, 1.54) is 0 Å². The predicted molar refractivity (Wildman–Crippen MR) is 78.3 cm³/mol. The van der Waals surface area contributed by atoms with Crippen molar-refractivity contribution >= 4 is 11.9 Å². The summed E-state index contributed by atoms with van der Waals surface area (Å²) in [4.78, 5) is 23.1. The van der Waals surface area contributed by atoms with E-state index in [2.05, 4.69) is 38.3 Å². The molecule has 0 aromatic rings. The van der Waals surface area contributed by atoms with Gasteiger partial charge in [0, 0.05) is 23.5 Å². The average molecular weight is 284 g/mol. The first-order chi connectivity index (χ1) is 9.13. The lowest BCUT2D eigenvalue weighted by atomic mass is 9.79. The van der Waals surface area contributed by atoms with Crippen LogP contribution < -0.4 is 10.6 Å². The number of esters is 1. The molecule has 0 atom stereocenters. The van der Waals surface area contributed by atoms with Gasteiger partial charge in [-0.2, -0.15) is 0 Å². The molecule has 0 saturated carbocycles. The lowest BCUT2D eigenvalue weighted by molar-refractivity contribution is -0.144. The summed E-state index contributed by atoms with van der Waals surface area (Å²) in [6.07, 6.45) is 2.13. The van der Waals surface area contributed by atoms with Crippen LogP contribution in [0.5, 0.6) is 0 Å². The van der Waals surface area contributed by atoms with E-state index in [0.717, 1.165) is 12.8 Å². The van der Waals surface area contributed by atoms with E-state index in [1.54, 1.807) is 6.92 Å². The van der Waals surface area contributed by atoms with Crippen LogP contribution in [0.3, 0.4) is 0 Å². The Labute approximate surface area is 121 Å². The van der Waals surface area contributed by atoms with Crippen molar-refractivity contribution in [3.63, 3.8) is 0 Å². The third-order valence-electron chi connectivity index (χ3n) is 3.42. The number of hydrogen-bond donors (Lipinski definition) is 2. The molecule has 0 bridgehead atoms. The molecular weight excluding hydrogens is 256 g/mol. The summed E-state index contributed by atoms with van der Waals surface area (Å²) in [7, 11) is 0. The second-order valence-electron chi connectivity index (χ2n) is 6.87. The molecular formula is C15H28N2O3. The Kier molecular flexibility index (Phi) is 5.57. The van der Waals surface area contributed by atoms with Crippen LogP contribution in [-0.2, 0) is 14.3 Å². The molecule has 0 unspecified atom stereocenters. The molecule has 0 aliphatic carbocycles. The summed E-state index contributed by atoms with van der Waals surface area (Å²) in [5, 5.41) is 6.62. The third-order valence-corrected chi connectivity index (χ3v) is 3.42. The number of amides is 1. The van der Waals surface area contributed by atoms with E-state index in [-0.39, 0.29) is 41.8 Å². The van der Waals surface area contributed by atoms with Crippen LogP contribution in [-0.4, -0.2) is 35.6 Å². The van der Waals surface area contributed by atoms with Gasteiger partial charge < -0.3 is 15.4 Å². The van der Waals surface area contributed by atoms with Gasteiger partial charge in [-0.15, -0.1) is 0 Å². The summed E-state index contributed by atoms with van der Waals surface area (Å²) in [5.74, 6) is -0.384. The highest BCUT2D eigenvalue weighted by Crippen LogP contribution is 2.28. The summed E-state index contributed by atoms with van der Waals surface area (Å²) < 4.78 is 4.82. The van der Waals surface area contributed by atoms with Crippen molar-refractivity contribution in [3.8, 4) is 0 Å².